The van der Waals surface area contributed by atoms with Crippen molar-refractivity contribution in [3.63, 3.8) is 0 Å². The predicted molar refractivity (Wildman–Crippen MR) is 85.1 cm³/mol. The molecule has 1 atom stereocenters. The van der Waals surface area contributed by atoms with E-state index >= 15 is 0 Å². The van der Waals surface area contributed by atoms with Crippen LogP contribution in [0.25, 0.3) is 0 Å². The first-order valence-corrected chi connectivity index (χ1v) is 8.14. The molecule has 0 aliphatic rings. The van der Waals surface area contributed by atoms with Crippen molar-refractivity contribution in [1.82, 2.24) is 10.2 Å². The van der Waals surface area contributed by atoms with Gasteiger partial charge in [-0.1, -0.05) is 52.4 Å². The number of para-hydroxylation sites is 1. The lowest BCUT2D eigenvalue weighted by Crippen LogP contribution is -2.22. The first-order chi connectivity index (χ1) is 9.47. The Labute approximate surface area is 134 Å². The SMILES string of the molecule is Cc1nnc(SC(C)C(=O)Nc2c(Cl)cccc2Cl)s1. The minimum Gasteiger partial charge on any atom is -0.323 e. The normalized spacial score (nSPS) is 12.2. The molecular weight excluding hydrogens is 337 g/mol. The minimum atomic E-state index is -0.324. The summed E-state index contributed by atoms with van der Waals surface area (Å²) < 4.78 is 0.760. The molecule has 1 N–H and O–H groups in total. The van der Waals surface area contributed by atoms with E-state index in [9.17, 15) is 4.79 Å². The van der Waals surface area contributed by atoms with Gasteiger partial charge in [0.1, 0.15) is 5.01 Å². The lowest BCUT2D eigenvalue weighted by atomic mass is 10.3. The summed E-state index contributed by atoms with van der Waals surface area (Å²) in [7, 11) is 0. The molecule has 1 unspecified atom stereocenters. The van der Waals surface area contributed by atoms with Crippen LogP contribution in [-0.4, -0.2) is 21.4 Å². The number of nitrogens with one attached hydrogen (secondary N) is 1. The predicted octanol–water partition coefficient (Wildman–Crippen LogP) is 4.27. The summed E-state index contributed by atoms with van der Waals surface area (Å²) in [5.41, 5.74) is 0.432. The lowest BCUT2D eigenvalue weighted by molar-refractivity contribution is -0.115. The van der Waals surface area contributed by atoms with Gasteiger partial charge in [-0.25, -0.2) is 0 Å². The van der Waals surface area contributed by atoms with Crippen molar-refractivity contribution >= 4 is 57.9 Å². The number of carbonyl (C=O) groups is 1. The zero-order valence-electron chi connectivity index (χ0n) is 10.7. The molecule has 0 saturated heterocycles. The molecule has 0 bridgehead atoms. The minimum absolute atomic E-state index is 0.183. The number of halogens is 2. The molecule has 1 amide bonds. The highest BCUT2D eigenvalue weighted by Gasteiger charge is 2.18. The molecule has 0 saturated carbocycles. The second kappa shape index (κ2) is 6.76. The van der Waals surface area contributed by atoms with Crippen LogP contribution < -0.4 is 5.32 Å². The van der Waals surface area contributed by atoms with Crippen molar-refractivity contribution < 1.29 is 4.79 Å². The van der Waals surface area contributed by atoms with Crippen LogP contribution in [0.1, 0.15) is 11.9 Å². The van der Waals surface area contributed by atoms with Crippen LogP contribution >= 0.6 is 46.3 Å². The maximum Gasteiger partial charge on any atom is 0.237 e. The van der Waals surface area contributed by atoms with E-state index in [0.717, 1.165) is 9.35 Å². The van der Waals surface area contributed by atoms with Gasteiger partial charge in [0.05, 0.1) is 21.0 Å². The van der Waals surface area contributed by atoms with Gasteiger partial charge in [0, 0.05) is 0 Å². The zero-order valence-corrected chi connectivity index (χ0v) is 13.8. The number of thioether (sulfide) groups is 1. The Morgan fingerprint density at radius 2 is 2.00 bits per heavy atom. The first-order valence-electron chi connectivity index (χ1n) is 5.69. The topological polar surface area (TPSA) is 54.9 Å². The number of anilines is 1. The van der Waals surface area contributed by atoms with E-state index < -0.39 is 0 Å². The van der Waals surface area contributed by atoms with Gasteiger partial charge in [0.25, 0.3) is 0 Å². The van der Waals surface area contributed by atoms with E-state index in [1.54, 1.807) is 25.1 Å². The lowest BCUT2D eigenvalue weighted by Gasteiger charge is -2.12. The van der Waals surface area contributed by atoms with E-state index in [1.165, 1.54) is 23.1 Å². The Bertz CT molecular complexity index is 613. The van der Waals surface area contributed by atoms with Crippen molar-refractivity contribution in [2.24, 2.45) is 0 Å². The first kappa shape index (κ1) is 15.6. The van der Waals surface area contributed by atoms with Crippen LogP contribution in [0.15, 0.2) is 22.5 Å². The monoisotopic (exact) mass is 347 g/mol. The highest BCUT2D eigenvalue weighted by atomic mass is 35.5. The Morgan fingerprint density at radius 1 is 1.35 bits per heavy atom. The highest BCUT2D eigenvalue weighted by Crippen LogP contribution is 2.31. The summed E-state index contributed by atoms with van der Waals surface area (Å²) >= 11 is 14.8. The molecule has 2 aromatic rings. The molecule has 0 aliphatic heterocycles. The van der Waals surface area contributed by atoms with E-state index in [2.05, 4.69) is 15.5 Å². The van der Waals surface area contributed by atoms with E-state index in [-0.39, 0.29) is 11.2 Å². The van der Waals surface area contributed by atoms with Crippen molar-refractivity contribution in [3.05, 3.63) is 33.3 Å². The van der Waals surface area contributed by atoms with Gasteiger partial charge in [-0.05, 0) is 26.0 Å². The van der Waals surface area contributed by atoms with Gasteiger partial charge in [-0.15, -0.1) is 10.2 Å². The van der Waals surface area contributed by atoms with E-state index in [1.807, 2.05) is 6.92 Å². The average molecular weight is 348 g/mol. The molecular formula is C12H11Cl2N3OS2. The van der Waals surface area contributed by atoms with Gasteiger partial charge in [-0.2, -0.15) is 0 Å². The van der Waals surface area contributed by atoms with Crippen LogP contribution in [0.2, 0.25) is 10.0 Å². The van der Waals surface area contributed by atoms with Crippen LogP contribution in [-0.2, 0) is 4.79 Å². The molecule has 0 spiro atoms. The summed E-state index contributed by atoms with van der Waals surface area (Å²) in [6, 6.07) is 5.08. The third-order valence-electron chi connectivity index (χ3n) is 2.37. The van der Waals surface area contributed by atoms with Crippen LogP contribution in [0.3, 0.4) is 0 Å². The summed E-state index contributed by atoms with van der Waals surface area (Å²) in [5, 5.41) is 12.0. The fourth-order valence-electron chi connectivity index (χ4n) is 1.37. The Hall–Kier alpha value is -0.820. The summed E-state index contributed by atoms with van der Waals surface area (Å²) in [5.74, 6) is -0.183. The Kier molecular flexibility index (Phi) is 5.26. The van der Waals surface area contributed by atoms with Gasteiger partial charge >= 0.3 is 0 Å². The van der Waals surface area contributed by atoms with Crippen LogP contribution in [0.4, 0.5) is 5.69 Å². The molecule has 20 heavy (non-hydrogen) atoms. The molecule has 1 aromatic heterocycles. The molecule has 1 aromatic carbocycles. The molecule has 106 valence electrons. The van der Waals surface area contributed by atoms with Gasteiger partial charge in [-0.3, -0.25) is 4.79 Å². The third kappa shape index (κ3) is 3.85. The van der Waals surface area contributed by atoms with Gasteiger partial charge in [0.15, 0.2) is 4.34 Å². The van der Waals surface area contributed by atoms with Crippen molar-refractivity contribution in [2.45, 2.75) is 23.4 Å². The maximum absolute atomic E-state index is 12.1. The van der Waals surface area contributed by atoms with Crippen molar-refractivity contribution in [1.29, 1.82) is 0 Å². The number of nitrogens with zero attached hydrogens (tertiary/aromatic N) is 2. The molecule has 0 radical (unpaired) electrons. The molecule has 4 nitrogen and oxygen atoms in total. The maximum atomic E-state index is 12.1. The number of amides is 1. The number of carbonyl (C=O) groups excluding carboxylic acids is 1. The molecule has 2 rings (SSSR count). The third-order valence-corrected chi connectivity index (χ3v) is 5.02. The molecule has 8 heteroatoms. The highest BCUT2D eigenvalue weighted by molar-refractivity contribution is 8.02. The number of hydrogen-bond acceptors (Lipinski definition) is 5. The smallest absolute Gasteiger partial charge is 0.237 e. The number of rotatable bonds is 4. The second-order valence-electron chi connectivity index (χ2n) is 3.93. The molecule has 1 heterocycles. The summed E-state index contributed by atoms with van der Waals surface area (Å²) in [6.07, 6.45) is 0. The zero-order chi connectivity index (χ0) is 14.7. The van der Waals surface area contributed by atoms with E-state index in [0.29, 0.717) is 15.7 Å². The van der Waals surface area contributed by atoms with E-state index in [4.69, 9.17) is 23.2 Å². The average Bonchev–Trinajstić information content (AvgIpc) is 2.79. The number of hydrogen-bond donors (Lipinski definition) is 1. The van der Waals surface area contributed by atoms with Crippen LogP contribution in [0.5, 0.6) is 0 Å². The Morgan fingerprint density at radius 3 is 2.55 bits per heavy atom. The van der Waals surface area contributed by atoms with Gasteiger partial charge in [0.2, 0.25) is 5.91 Å². The molecule has 0 aliphatic carbocycles. The van der Waals surface area contributed by atoms with Crippen molar-refractivity contribution in [2.75, 3.05) is 5.32 Å². The fourth-order valence-corrected chi connectivity index (χ4v) is 3.82. The quantitative estimate of drug-likeness (QED) is 0.839. The van der Waals surface area contributed by atoms with Crippen molar-refractivity contribution in [3.8, 4) is 0 Å². The number of aromatic nitrogens is 2. The summed E-state index contributed by atoms with van der Waals surface area (Å²) in [4.78, 5) is 12.1. The van der Waals surface area contributed by atoms with Gasteiger partial charge < -0.3 is 5.32 Å². The number of benzene rings is 1. The largest absolute Gasteiger partial charge is 0.323 e. The summed E-state index contributed by atoms with van der Waals surface area (Å²) in [6.45, 7) is 3.66. The van der Waals surface area contributed by atoms with Crippen LogP contribution in [0, 0.1) is 6.92 Å². The Balaban J connectivity index is 2.04. The standard InChI is InChI=1S/C12H11Cl2N3OS2/c1-6(19-12-17-16-7(2)20-12)11(18)15-10-8(13)4-3-5-9(10)14/h3-6H,1-2H3,(H,15,18). The second-order valence-corrected chi connectivity index (χ2v) is 7.52. The fraction of sp³-hybridized carbons (Fsp3) is 0.250. The number of aryl methyl sites for hydroxylation is 1. The molecule has 0 fully saturated rings.